The molecule has 116 valence electrons. The summed E-state index contributed by atoms with van der Waals surface area (Å²) in [5.41, 5.74) is 1.39. The molecule has 0 saturated heterocycles. The highest BCUT2D eigenvalue weighted by atomic mass is 32.1. The molecule has 2 rings (SSSR count). The summed E-state index contributed by atoms with van der Waals surface area (Å²) in [5, 5.41) is 5.75. The molecule has 6 heteroatoms. The summed E-state index contributed by atoms with van der Waals surface area (Å²) in [6.45, 7) is 2.44. The lowest BCUT2D eigenvalue weighted by Crippen LogP contribution is -2.26. The molecule has 0 aliphatic heterocycles. The van der Waals surface area contributed by atoms with Gasteiger partial charge in [0, 0.05) is 36.8 Å². The minimum atomic E-state index is -0.383. The van der Waals surface area contributed by atoms with E-state index >= 15 is 0 Å². The normalized spacial score (nSPS) is 10.5. The van der Waals surface area contributed by atoms with Gasteiger partial charge < -0.3 is 5.32 Å². The number of hydrogen-bond acceptors (Lipinski definition) is 4. The minimum Gasteiger partial charge on any atom is -0.356 e. The zero-order chi connectivity index (χ0) is 15.9. The fourth-order valence-electron chi connectivity index (χ4n) is 1.95. The Labute approximate surface area is 132 Å². The van der Waals surface area contributed by atoms with Gasteiger partial charge in [-0.25, -0.2) is 9.37 Å². The first kappa shape index (κ1) is 16.3. The molecule has 4 nitrogen and oxygen atoms in total. The van der Waals surface area contributed by atoms with Crippen molar-refractivity contribution in [3.63, 3.8) is 0 Å². The van der Waals surface area contributed by atoms with Crippen LogP contribution in [-0.4, -0.2) is 23.2 Å². The Hall–Kier alpha value is -2.08. The summed E-state index contributed by atoms with van der Waals surface area (Å²) < 4.78 is 12.8. The predicted octanol–water partition coefficient (Wildman–Crippen LogP) is 2.91. The quantitative estimate of drug-likeness (QED) is 0.798. The smallest absolute Gasteiger partial charge is 0.220 e. The Morgan fingerprint density at radius 3 is 2.59 bits per heavy atom. The van der Waals surface area contributed by atoms with Crippen LogP contribution in [0.3, 0.4) is 0 Å². The third kappa shape index (κ3) is 5.04. The zero-order valence-electron chi connectivity index (χ0n) is 12.3. The Morgan fingerprint density at radius 1 is 1.23 bits per heavy atom. The van der Waals surface area contributed by atoms with Crippen molar-refractivity contribution in [1.82, 2.24) is 10.3 Å². The molecular weight excluding hydrogens is 303 g/mol. The topological polar surface area (TPSA) is 59.1 Å². The standard InChI is InChI=1S/C16H17FN2O2S/c1-11-19-14(10-22-11)8-9-18-16(21)7-6-15(20)12-2-4-13(17)5-3-12/h2-5,10H,6-9H2,1H3,(H,18,21). The van der Waals surface area contributed by atoms with Gasteiger partial charge in [-0.1, -0.05) is 0 Å². The molecule has 2 aromatic rings. The van der Waals surface area contributed by atoms with E-state index in [4.69, 9.17) is 0 Å². The molecule has 0 radical (unpaired) electrons. The summed E-state index contributed by atoms with van der Waals surface area (Å²) in [7, 11) is 0. The van der Waals surface area contributed by atoms with Crippen LogP contribution in [0.1, 0.15) is 33.9 Å². The third-order valence-corrected chi connectivity index (χ3v) is 3.94. The molecule has 1 aromatic heterocycles. The SMILES string of the molecule is Cc1nc(CCNC(=O)CCC(=O)c2ccc(F)cc2)cs1. The van der Waals surface area contributed by atoms with Crippen LogP contribution in [0.2, 0.25) is 0 Å². The molecule has 0 fully saturated rings. The molecular formula is C16H17FN2O2S. The molecule has 0 bridgehead atoms. The Morgan fingerprint density at radius 2 is 1.95 bits per heavy atom. The lowest BCUT2D eigenvalue weighted by atomic mass is 10.1. The van der Waals surface area contributed by atoms with Crippen molar-refractivity contribution in [3.05, 3.63) is 51.7 Å². The van der Waals surface area contributed by atoms with Crippen molar-refractivity contribution in [2.24, 2.45) is 0 Å². The number of carbonyl (C=O) groups is 2. The monoisotopic (exact) mass is 320 g/mol. The molecule has 1 aromatic carbocycles. The van der Waals surface area contributed by atoms with E-state index in [1.54, 1.807) is 11.3 Å². The van der Waals surface area contributed by atoms with Crippen LogP contribution in [0.5, 0.6) is 0 Å². The number of nitrogens with zero attached hydrogens (tertiary/aromatic N) is 1. The first-order valence-electron chi connectivity index (χ1n) is 7.01. The van der Waals surface area contributed by atoms with Crippen molar-refractivity contribution in [1.29, 1.82) is 0 Å². The molecule has 0 aliphatic rings. The maximum absolute atomic E-state index is 12.8. The van der Waals surface area contributed by atoms with Gasteiger partial charge in [-0.05, 0) is 31.2 Å². The van der Waals surface area contributed by atoms with Crippen LogP contribution in [0.4, 0.5) is 4.39 Å². The van der Waals surface area contributed by atoms with Crippen molar-refractivity contribution >= 4 is 23.0 Å². The Bertz CT molecular complexity index is 652. The maximum Gasteiger partial charge on any atom is 0.220 e. The van der Waals surface area contributed by atoms with Crippen LogP contribution in [0, 0.1) is 12.7 Å². The number of amides is 1. The summed E-state index contributed by atoms with van der Waals surface area (Å²) >= 11 is 1.58. The van der Waals surface area contributed by atoms with Crippen molar-refractivity contribution in [3.8, 4) is 0 Å². The first-order chi connectivity index (χ1) is 10.5. The van der Waals surface area contributed by atoms with Gasteiger partial charge in [-0.15, -0.1) is 11.3 Å². The van der Waals surface area contributed by atoms with E-state index in [0.717, 1.165) is 10.7 Å². The van der Waals surface area contributed by atoms with Gasteiger partial charge in [0.25, 0.3) is 0 Å². The summed E-state index contributed by atoms with van der Waals surface area (Å²) in [6, 6.07) is 5.34. The average molecular weight is 320 g/mol. The number of Topliss-reactive ketones (excluding diaryl/α,β-unsaturated/α-hetero) is 1. The van der Waals surface area contributed by atoms with Gasteiger partial charge in [0.15, 0.2) is 5.78 Å². The molecule has 1 N–H and O–H groups in total. The van der Waals surface area contributed by atoms with Crippen molar-refractivity contribution in [2.45, 2.75) is 26.2 Å². The van der Waals surface area contributed by atoms with Crippen LogP contribution in [0.25, 0.3) is 0 Å². The second-order valence-corrected chi connectivity index (χ2v) is 5.95. The number of nitrogens with one attached hydrogen (secondary N) is 1. The van der Waals surface area contributed by atoms with E-state index in [9.17, 15) is 14.0 Å². The number of hydrogen-bond donors (Lipinski definition) is 1. The lowest BCUT2D eigenvalue weighted by molar-refractivity contribution is -0.121. The molecule has 0 spiro atoms. The second kappa shape index (κ2) is 7.79. The van der Waals surface area contributed by atoms with Crippen LogP contribution >= 0.6 is 11.3 Å². The number of ketones is 1. The second-order valence-electron chi connectivity index (χ2n) is 4.89. The van der Waals surface area contributed by atoms with E-state index < -0.39 is 0 Å². The van der Waals surface area contributed by atoms with Gasteiger partial charge >= 0.3 is 0 Å². The number of thiazole rings is 1. The predicted molar refractivity (Wildman–Crippen MR) is 83.5 cm³/mol. The Balaban J connectivity index is 1.68. The number of aromatic nitrogens is 1. The molecule has 1 heterocycles. The highest BCUT2D eigenvalue weighted by Crippen LogP contribution is 2.09. The first-order valence-corrected chi connectivity index (χ1v) is 7.89. The van der Waals surface area contributed by atoms with Crippen molar-refractivity contribution in [2.75, 3.05) is 6.54 Å². The maximum atomic E-state index is 12.8. The highest BCUT2D eigenvalue weighted by molar-refractivity contribution is 7.09. The average Bonchev–Trinajstić information content (AvgIpc) is 2.91. The molecule has 22 heavy (non-hydrogen) atoms. The van der Waals surface area contributed by atoms with E-state index in [1.165, 1.54) is 24.3 Å². The fourth-order valence-corrected chi connectivity index (χ4v) is 2.60. The van der Waals surface area contributed by atoms with E-state index in [2.05, 4.69) is 10.3 Å². The molecule has 0 unspecified atom stereocenters. The lowest BCUT2D eigenvalue weighted by Gasteiger charge is -2.04. The summed E-state index contributed by atoms with van der Waals surface area (Å²) in [4.78, 5) is 27.8. The summed E-state index contributed by atoms with van der Waals surface area (Å²) in [5.74, 6) is -0.709. The number of benzene rings is 1. The van der Waals surface area contributed by atoms with Gasteiger partial charge in [-0.2, -0.15) is 0 Å². The van der Waals surface area contributed by atoms with Gasteiger partial charge in [0.2, 0.25) is 5.91 Å². The van der Waals surface area contributed by atoms with Gasteiger partial charge in [0.1, 0.15) is 5.82 Å². The number of aryl methyl sites for hydroxylation is 1. The Kier molecular flexibility index (Phi) is 5.77. The highest BCUT2D eigenvalue weighted by Gasteiger charge is 2.09. The number of rotatable bonds is 7. The van der Waals surface area contributed by atoms with E-state index in [0.29, 0.717) is 18.5 Å². The van der Waals surface area contributed by atoms with Crippen LogP contribution in [-0.2, 0) is 11.2 Å². The molecule has 0 atom stereocenters. The largest absolute Gasteiger partial charge is 0.356 e. The van der Waals surface area contributed by atoms with Gasteiger partial charge in [0.05, 0.1) is 10.7 Å². The van der Waals surface area contributed by atoms with Crippen LogP contribution < -0.4 is 5.32 Å². The molecule has 0 aliphatic carbocycles. The van der Waals surface area contributed by atoms with Gasteiger partial charge in [-0.3, -0.25) is 9.59 Å². The fraction of sp³-hybridized carbons (Fsp3) is 0.312. The van der Waals surface area contributed by atoms with Crippen molar-refractivity contribution < 1.29 is 14.0 Å². The molecule has 0 saturated carbocycles. The van der Waals surface area contributed by atoms with Crippen LogP contribution in [0.15, 0.2) is 29.6 Å². The third-order valence-electron chi connectivity index (χ3n) is 3.12. The van der Waals surface area contributed by atoms with E-state index in [1.807, 2.05) is 12.3 Å². The van der Waals surface area contributed by atoms with E-state index in [-0.39, 0.29) is 30.3 Å². The minimum absolute atomic E-state index is 0.118. The summed E-state index contributed by atoms with van der Waals surface area (Å²) in [6.07, 6.45) is 0.932. The molecule has 1 amide bonds. The number of halogens is 1. The zero-order valence-corrected chi connectivity index (χ0v) is 13.1. The number of carbonyl (C=O) groups excluding carboxylic acids is 2.